The molecule has 7 amide bonds. The number of unbranched alkanes of at least 4 members (excludes halogenated alkanes) is 5. The molecule has 0 saturated carbocycles. The van der Waals surface area contributed by atoms with Gasteiger partial charge in [0.15, 0.2) is 0 Å². The van der Waals surface area contributed by atoms with Crippen LogP contribution in [-0.4, -0.2) is 170 Å². The van der Waals surface area contributed by atoms with Crippen LogP contribution >= 0.6 is 0 Å². The van der Waals surface area contributed by atoms with Crippen molar-refractivity contribution in [2.75, 3.05) is 32.7 Å². The fourth-order valence-corrected chi connectivity index (χ4v) is 10.2. The van der Waals surface area contributed by atoms with Crippen molar-refractivity contribution in [2.24, 2.45) is 22.7 Å². The summed E-state index contributed by atoms with van der Waals surface area (Å²) in [6.45, 7) is 7.10. The summed E-state index contributed by atoms with van der Waals surface area (Å²) in [4.78, 5) is 112. The third-order valence-electron chi connectivity index (χ3n) is 14.7. The summed E-state index contributed by atoms with van der Waals surface area (Å²) in [5, 5.41) is 70.7. The maximum absolute atomic E-state index is 14.4. The van der Waals surface area contributed by atoms with E-state index in [0.29, 0.717) is 42.2 Å². The van der Waals surface area contributed by atoms with Crippen molar-refractivity contribution >= 4 is 41.4 Å². The van der Waals surface area contributed by atoms with Crippen LogP contribution in [0.2, 0.25) is 0 Å². The molecule has 0 bridgehead atoms. The highest BCUT2D eigenvalue weighted by atomic mass is 16.3. The van der Waals surface area contributed by atoms with Crippen LogP contribution < -0.4 is 32.3 Å². The van der Waals surface area contributed by atoms with Crippen LogP contribution in [0.4, 0.5) is 0 Å². The number of benzene rings is 1. The molecule has 22 nitrogen and oxygen atoms in total. The largest absolute Gasteiger partial charge is 0.508 e. The highest BCUT2D eigenvalue weighted by Gasteiger charge is 2.46. The summed E-state index contributed by atoms with van der Waals surface area (Å²) >= 11 is 0. The van der Waals surface area contributed by atoms with Crippen molar-refractivity contribution in [2.45, 2.75) is 204 Å². The smallest absolute Gasteiger partial charge is 0.248 e. The van der Waals surface area contributed by atoms with Crippen LogP contribution in [0.15, 0.2) is 23.4 Å². The van der Waals surface area contributed by atoms with Gasteiger partial charge < -0.3 is 67.7 Å². The Morgan fingerprint density at radius 3 is 2.20 bits per heavy atom. The predicted molar refractivity (Wildman–Crippen MR) is 275 cm³/mol. The van der Waals surface area contributed by atoms with E-state index in [9.17, 15) is 64.0 Å². The molecule has 3 aliphatic heterocycles. The number of phenolic OH excluding ortho intramolecular Hbond substituents is 1. The van der Waals surface area contributed by atoms with Gasteiger partial charge in [0.05, 0.1) is 31.0 Å². The molecule has 1 aromatic carbocycles. The molecule has 3 aliphatic rings. The third kappa shape index (κ3) is 18.5. The van der Waals surface area contributed by atoms with E-state index in [1.165, 1.54) is 37.2 Å². The van der Waals surface area contributed by atoms with Crippen molar-refractivity contribution in [3.05, 3.63) is 34.2 Å². The van der Waals surface area contributed by atoms with Gasteiger partial charge in [0.1, 0.15) is 42.0 Å². The number of aryl methyl sites for hydroxylation is 1. The van der Waals surface area contributed by atoms with E-state index in [0.717, 1.165) is 37.0 Å². The molecule has 1 aromatic rings. The zero-order valence-electron chi connectivity index (χ0n) is 43.8. The molecule has 0 spiro atoms. The molecule has 416 valence electrons. The van der Waals surface area contributed by atoms with Gasteiger partial charge in [0, 0.05) is 32.5 Å². The van der Waals surface area contributed by atoms with Crippen LogP contribution in [0.1, 0.15) is 142 Å². The minimum Gasteiger partial charge on any atom is -0.508 e. The zero-order valence-corrected chi connectivity index (χ0v) is 43.8. The van der Waals surface area contributed by atoms with E-state index >= 15 is 0 Å². The number of phenols is 1. The minimum atomic E-state index is -1.83. The highest BCUT2D eigenvalue weighted by molar-refractivity contribution is 5.98. The second kappa shape index (κ2) is 30.9. The van der Waals surface area contributed by atoms with Gasteiger partial charge in [-0.3, -0.25) is 33.6 Å². The number of nitrogens with one attached hydrogen (secondary N) is 5. The molecule has 3 fully saturated rings. The lowest BCUT2D eigenvalue weighted by atomic mass is 9.91. The van der Waals surface area contributed by atoms with Gasteiger partial charge in [0.25, 0.3) is 0 Å². The number of amides is 7. The summed E-state index contributed by atoms with van der Waals surface area (Å²) in [5.74, 6) is -4.57. The van der Waals surface area contributed by atoms with E-state index in [1.54, 1.807) is 12.1 Å². The van der Waals surface area contributed by atoms with Crippen molar-refractivity contribution in [3.63, 3.8) is 0 Å². The molecular formula is C52H85N9O13. The number of aliphatic hydroxyl groups excluding tert-OH is 4. The highest BCUT2D eigenvalue weighted by Crippen LogP contribution is 2.25. The summed E-state index contributed by atoms with van der Waals surface area (Å²) in [5.41, 5.74) is 6.93. The van der Waals surface area contributed by atoms with Gasteiger partial charge in [-0.15, -0.1) is 0 Å². The van der Waals surface area contributed by atoms with Gasteiger partial charge in [-0.1, -0.05) is 83.0 Å². The second-order valence-corrected chi connectivity index (χ2v) is 20.8. The number of carbonyl (C=O) groups is 7. The molecule has 5 unspecified atom stereocenters. The van der Waals surface area contributed by atoms with Gasteiger partial charge in [-0.25, -0.2) is 0 Å². The number of hydrogen-bond donors (Lipinski definition) is 11. The molecular weight excluding hydrogens is 959 g/mol. The normalized spacial score (nSPS) is 26.3. The van der Waals surface area contributed by atoms with Crippen LogP contribution in [0, 0.1) is 16.7 Å². The number of nitrogens with zero attached hydrogens (tertiary/aromatic N) is 3. The number of carbonyl (C=O) groups excluding carboxylic acids is 7. The molecule has 4 rings (SSSR count). The number of aliphatic hydroxyl groups is 4. The van der Waals surface area contributed by atoms with Gasteiger partial charge in [-0.2, -0.15) is 4.91 Å². The summed E-state index contributed by atoms with van der Waals surface area (Å²) in [6.07, 6.45) is 2.67. The summed E-state index contributed by atoms with van der Waals surface area (Å²) in [6, 6.07) is -4.42. The van der Waals surface area contributed by atoms with E-state index in [2.05, 4.69) is 52.5 Å². The molecule has 12 N–H and O–H groups in total. The van der Waals surface area contributed by atoms with Crippen LogP contribution in [0.3, 0.4) is 0 Å². The van der Waals surface area contributed by atoms with Crippen molar-refractivity contribution in [1.29, 1.82) is 0 Å². The molecule has 3 saturated heterocycles. The number of β-amino-alcohol motifs (C(OH)–C–C–N with tert-alkyl or cyclic N) is 1. The van der Waals surface area contributed by atoms with Gasteiger partial charge in [0.2, 0.25) is 41.4 Å². The Hall–Kier alpha value is -5.29. The second-order valence-electron chi connectivity index (χ2n) is 20.8. The van der Waals surface area contributed by atoms with Crippen LogP contribution in [-0.2, 0) is 46.4 Å². The number of nitroso groups, excluding NO2 is 1. The summed E-state index contributed by atoms with van der Waals surface area (Å²) < 4.78 is 0. The number of hydrogen-bond acceptors (Lipinski definition) is 15. The summed E-state index contributed by atoms with van der Waals surface area (Å²) in [7, 11) is 0. The first-order valence-electron chi connectivity index (χ1n) is 26.9. The quantitative estimate of drug-likeness (QED) is 0.0531. The zero-order chi connectivity index (χ0) is 54.5. The topological polar surface area (TPSA) is 343 Å². The predicted octanol–water partition coefficient (Wildman–Crippen LogP) is 0.690. The molecule has 22 heteroatoms. The van der Waals surface area contributed by atoms with Crippen molar-refractivity contribution in [1.82, 2.24) is 36.4 Å². The lowest BCUT2D eigenvalue weighted by Crippen LogP contribution is -2.62. The molecule has 12 atom stereocenters. The van der Waals surface area contributed by atoms with Crippen molar-refractivity contribution < 1.29 is 59.1 Å². The van der Waals surface area contributed by atoms with E-state index in [1.807, 2.05) is 0 Å². The Morgan fingerprint density at radius 2 is 1.51 bits per heavy atom. The van der Waals surface area contributed by atoms with E-state index in [-0.39, 0.29) is 57.5 Å². The Labute approximate surface area is 435 Å². The maximum atomic E-state index is 14.4. The number of aromatic hydroxyl groups is 1. The number of rotatable bonds is 23. The first-order valence-corrected chi connectivity index (χ1v) is 26.9. The first kappa shape index (κ1) is 61.3. The Bertz CT molecular complexity index is 2030. The van der Waals surface area contributed by atoms with Gasteiger partial charge >= 0.3 is 0 Å². The van der Waals surface area contributed by atoms with E-state index < -0.39 is 128 Å². The SMILES string of the molecule is CCC(C)CC(C)CCCCCCCCC(=O)N[C@H]1C[C@@H](O)CNC(=O)[C@@H]2[C@@H](O)CCN2C(=O)C([C@H](O)CCN=O)NC(=O)C(CCc2ccc(O)c(CCN)c2)NC(=O)[C@@H]2CCCN2C(=O)C([C@@H](C)O)NC1=O. The van der Waals surface area contributed by atoms with Crippen molar-refractivity contribution in [3.8, 4) is 5.75 Å². The lowest BCUT2D eigenvalue weighted by Gasteiger charge is -2.33. The van der Waals surface area contributed by atoms with Gasteiger partial charge in [-0.05, 0) is 100 Å². The Morgan fingerprint density at radius 1 is 0.824 bits per heavy atom. The standard InChI is InChI=1S/C52H85N9O13/c1-5-31(2)27-32(3)13-10-8-6-7-9-11-15-43(67)56-38-29-36(63)30-54-50(71)46-42(66)22-26-61(46)52(73)45(41(65)21-24-55-74)59-47(68)37(18-16-34-17-19-40(64)35(28-34)20-23-53)57-49(70)39-14-12-25-60(39)51(72)44(33(4)62)58-48(38)69/h17,19,28,31-33,36-39,41-42,44-46,62-66H,5-16,18,20-27,29-30,53H2,1-4H3,(H,54,71)(H,56,67)(H,57,70)(H,58,69)(H,59,68)/t31?,32?,33-,36-,37?,38+,39+,41-,42+,44?,45?,46+/m1/s1. The average molecular weight is 1040 g/mol. The Balaban J connectivity index is 1.62. The molecule has 3 heterocycles. The van der Waals surface area contributed by atoms with Crippen LogP contribution in [0.25, 0.3) is 0 Å². The number of nitrogens with two attached hydrogens (primary N) is 1. The fourth-order valence-electron chi connectivity index (χ4n) is 10.2. The fraction of sp³-hybridized carbons (Fsp3) is 0.750. The lowest BCUT2D eigenvalue weighted by molar-refractivity contribution is -0.146. The molecule has 74 heavy (non-hydrogen) atoms. The average Bonchev–Trinajstić information content (AvgIpc) is 4.02. The monoisotopic (exact) mass is 1040 g/mol. The minimum absolute atomic E-state index is 0.0103. The molecule has 0 aliphatic carbocycles. The Kier molecular flexibility index (Phi) is 25.6. The maximum Gasteiger partial charge on any atom is 0.248 e. The van der Waals surface area contributed by atoms with Crippen LogP contribution in [0.5, 0.6) is 5.75 Å². The molecule has 0 radical (unpaired) electrons. The van der Waals surface area contributed by atoms with E-state index in [4.69, 9.17) is 5.73 Å². The number of fused-ring (bicyclic) bond motifs is 2. The first-order chi connectivity index (χ1) is 35.3. The molecule has 0 aromatic heterocycles. The third-order valence-corrected chi connectivity index (χ3v) is 14.7.